The van der Waals surface area contributed by atoms with E-state index in [1.165, 1.54) is 0 Å². The predicted octanol–water partition coefficient (Wildman–Crippen LogP) is 1.43. The van der Waals surface area contributed by atoms with Gasteiger partial charge in [0.05, 0.1) is 0 Å². The van der Waals surface area contributed by atoms with Crippen LogP contribution in [-0.2, 0) is 4.79 Å². The fourth-order valence-corrected chi connectivity index (χ4v) is 1.00. The van der Waals surface area contributed by atoms with Crippen LogP contribution in [0.5, 0.6) is 0 Å². The molecule has 1 aromatic rings. The Morgan fingerprint density at radius 1 is 1.67 bits per heavy atom. The van der Waals surface area contributed by atoms with Gasteiger partial charge in [-0.3, -0.25) is 4.79 Å². The van der Waals surface area contributed by atoms with E-state index in [4.69, 9.17) is 0 Å². The maximum Gasteiger partial charge on any atom is 0.131 e. The Morgan fingerprint density at radius 3 is 2.92 bits per heavy atom. The fourth-order valence-electron chi connectivity index (χ4n) is 1.00. The zero-order valence-electron chi connectivity index (χ0n) is 7.50. The third-order valence-electron chi connectivity index (χ3n) is 1.79. The van der Waals surface area contributed by atoms with Crippen LogP contribution < -0.4 is 4.90 Å². The molecule has 0 aliphatic heterocycles. The summed E-state index contributed by atoms with van der Waals surface area (Å²) in [4.78, 5) is 15.8. The van der Waals surface area contributed by atoms with E-state index in [-0.39, 0.29) is 5.78 Å². The number of anilines is 1. The number of nitrogens with zero attached hydrogens (tertiary/aromatic N) is 1. The first-order chi connectivity index (χ1) is 5.70. The van der Waals surface area contributed by atoms with Crippen molar-refractivity contribution < 1.29 is 4.79 Å². The van der Waals surface area contributed by atoms with Gasteiger partial charge in [0.1, 0.15) is 11.6 Å². The van der Waals surface area contributed by atoms with Gasteiger partial charge in [-0.1, -0.05) is 0 Å². The Kier molecular flexibility index (Phi) is 2.91. The van der Waals surface area contributed by atoms with Crippen molar-refractivity contribution >= 4 is 11.6 Å². The summed E-state index contributed by atoms with van der Waals surface area (Å²) in [6.07, 6.45) is 2.48. The van der Waals surface area contributed by atoms with Crippen molar-refractivity contribution in [2.24, 2.45) is 0 Å². The Hall–Kier alpha value is -1.25. The summed E-state index contributed by atoms with van der Waals surface area (Å²) in [5.41, 5.74) is 0. The number of rotatable bonds is 4. The number of H-pyrrole nitrogens is 1. The van der Waals surface area contributed by atoms with Crippen LogP contribution >= 0.6 is 0 Å². The van der Waals surface area contributed by atoms with Crippen LogP contribution in [0.1, 0.15) is 13.3 Å². The molecule has 1 N–H and O–H groups in total. The number of hydrogen-bond donors (Lipinski definition) is 1. The van der Waals surface area contributed by atoms with Crippen molar-refractivity contribution in [3.63, 3.8) is 0 Å². The van der Waals surface area contributed by atoms with Gasteiger partial charge in [0.2, 0.25) is 0 Å². The van der Waals surface area contributed by atoms with E-state index in [1.54, 1.807) is 6.92 Å². The van der Waals surface area contributed by atoms with Crippen LogP contribution in [0.2, 0.25) is 0 Å². The smallest absolute Gasteiger partial charge is 0.131 e. The quantitative estimate of drug-likeness (QED) is 0.734. The lowest BCUT2D eigenvalue weighted by atomic mass is 10.3. The average Bonchev–Trinajstić information content (AvgIpc) is 2.51. The summed E-state index contributed by atoms with van der Waals surface area (Å²) >= 11 is 0. The van der Waals surface area contributed by atoms with Gasteiger partial charge in [0.25, 0.3) is 0 Å². The van der Waals surface area contributed by atoms with Crippen molar-refractivity contribution in [3.05, 3.63) is 18.3 Å². The third-order valence-corrected chi connectivity index (χ3v) is 1.79. The topological polar surface area (TPSA) is 36.1 Å². The van der Waals surface area contributed by atoms with E-state index in [9.17, 15) is 4.79 Å². The first kappa shape index (κ1) is 8.84. The third kappa shape index (κ3) is 2.42. The molecule has 0 radical (unpaired) electrons. The largest absolute Gasteiger partial charge is 0.361 e. The van der Waals surface area contributed by atoms with E-state index in [2.05, 4.69) is 4.98 Å². The molecule has 1 rings (SSSR count). The summed E-state index contributed by atoms with van der Waals surface area (Å²) in [7, 11) is 1.97. The van der Waals surface area contributed by atoms with Gasteiger partial charge in [-0.15, -0.1) is 0 Å². The molecule has 66 valence electrons. The number of carbonyl (C=O) groups excluding carboxylic acids is 1. The molecular weight excluding hydrogens is 152 g/mol. The maximum atomic E-state index is 10.7. The molecule has 3 heteroatoms. The molecule has 0 saturated carbocycles. The molecule has 0 atom stereocenters. The highest BCUT2D eigenvalue weighted by molar-refractivity contribution is 5.76. The molecule has 0 unspecified atom stereocenters. The molecule has 1 aromatic heterocycles. The first-order valence-corrected chi connectivity index (χ1v) is 4.04. The van der Waals surface area contributed by atoms with Crippen molar-refractivity contribution in [1.29, 1.82) is 0 Å². The van der Waals surface area contributed by atoms with Crippen LogP contribution in [0, 0.1) is 0 Å². The number of aromatic nitrogens is 1. The average molecular weight is 166 g/mol. The summed E-state index contributed by atoms with van der Waals surface area (Å²) in [5, 5.41) is 0. The van der Waals surface area contributed by atoms with Crippen LogP contribution in [-0.4, -0.2) is 24.4 Å². The minimum absolute atomic E-state index is 0.230. The van der Waals surface area contributed by atoms with Crippen LogP contribution in [0.4, 0.5) is 5.82 Å². The Bertz CT molecular complexity index is 241. The fraction of sp³-hybridized carbons (Fsp3) is 0.444. The van der Waals surface area contributed by atoms with Gasteiger partial charge >= 0.3 is 0 Å². The lowest BCUT2D eigenvalue weighted by Gasteiger charge is -2.15. The highest BCUT2D eigenvalue weighted by atomic mass is 16.1. The van der Waals surface area contributed by atoms with Crippen molar-refractivity contribution in [2.45, 2.75) is 13.3 Å². The van der Waals surface area contributed by atoms with Gasteiger partial charge in [0.15, 0.2) is 0 Å². The van der Waals surface area contributed by atoms with Crippen molar-refractivity contribution in [3.8, 4) is 0 Å². The molecule has 0 saturated heterocycles. The van der Waals surface area contributed by atoms with Gasteiger partial charge in [-0.05, 0) is 19.1 Å². The van der Waals surface area contributed by atoms with E-state index in [1.807, 2.05) is 30.3 Å². The molecule has 0 spiro atoms. The SMILES string of the molecule is CC(=O)CCN(C)c1ccc[nH]1. The minimum Gasteiger partial charge on any atom is -0.361 e. The number of Topliss-reactive ketones (excluding diaryl/α,β-unsaturated/α-hetero) is 1. The number of nitrogens with one attached hydrogen (secondary N) is 1. The highest BCUT2D eigenvalue weighted by Crippen LogP contribution is 2.07. The van der Waals surface area contributed by atoms with E-state index >= 15 is 0 Å². The van der Waals surface area contributed by atoms with Gasteiger partial charge < -0.3 is 9.88 Å². The number of aromatic amines is 1. The lowest BCUT2D eigenvalue weighted by Crippen LogP contribution is -2.20. The van der Waals surface area contributed by atoms with Gasteiger partial charge in [0, 0.05) is 26.2 Å². The summed E-state index contributed by atoms with van der Waals surface area (Å²) < 4.78 is 0. The maximum absolute atomic E-state index is 10.7. The normalized spacial score (nSPS) is 9.83. The second-order valence-electron chi connectivity index (χ2n) is 2.93. The molecule has 12 heavy (non-hydrogen) atoms. The minimum atomic E-state index is 0.230. The molecule has 0 aliphatic rings. The molecular formula is C9H14N2O. The van der Waals surface area contributed by atoms with E-state index < -0.39 is 0 Å². The Balaban J connectivity index is 2.39. The zero-order valence-corrected chi connectivity index (χ0v) is 7.50. The first-order valence-electron chi connectivity index (χ1n) is 4.04. The molecule has 1 heterocycles. The Labute approximate surface area is 72.4 Å². The second kappa shape index (κ2) is 3.95. The monoisotopic (exact) mass is 166 g/mol. The molecule has 0 amide bonds. The van der Waals surface area contributed by atoms with Crippen molar-refractivity contribution in [2.75, 3.05) is 18.5 Å². The standard InChI is InChI=1S/C9H14N2O/c1-8(12)5-7-11(2)9-4-3-6-10-9/h3-4,6,10H,5,7H2,1-2H3. The highest BCUT2D eigenvalue weighted by Gasteiger charge is 2.01. The lowest BCUT2D eigenvalue weighted by molar-refractivity contribution is -0.116. The number of hydrogen-bond acceptors (Lipinski definition) is 2. The van der Waals surface area contributed by atoms with Crippen LogP contribution in [0.3, 0.4) is 0 Å². The second-order valence-corrected chi connectivity index (χ2v) is 2.93. The molecule has 0 fully saturated rings. The van der Waals surface area contributed by atoms with Gasteiger partial charge in [-0.25, -0.2) is 0 Å². The van der Waals surface area contributed by atoms with Crippen LogP contribution in [0.25, 0.3) is 0 Å². The molecule has 0 aromatic carbocycles. The zero-order chi connectivity index (χ0) is 8.97. The molecule has 0 bridgehead atoms. The van der Waals surface area contributed by atoms with Crippen molar-refractivity contribution in [1.82, 2.24) is 4.98 Å². The Morgan fingerprint density at radius 2 is 2.42 bits per heavy atom. The number of ketones is 1. The molecule has 3 nitrogen and oxygen atoms in total. The van der Waals surface area contributed by atoms with E-state index in [0.717, 1.165) is 12.4 Å². The predicted molar refractivity (Wildman–Crippen MR) is 49.4 cm³/mol. The van der Waals surface area contributed by atoms with E-state index in [0.29, 0.717) is 6.42 Å². The van der Waals surface area contributed by atoms with Gasteiger partial charge in [-0.2, -0.15) is 0 Å². The summed E-state index contributed by atoms with van der Waals surface area (Å²) in [6.45, 7) is 2.39. The number of carbonyl (C=O) groups is 1. The molecule has 0 aliphatic carbocycles. The summed E-state index contributed by atoms with van der Waals surface area (Å²) in [6, 6.07) is 3.93. The van der Waals surface area contributed by atoms with Crippen LogP contribution in [0.15, 0.2) is 18.3 Å². The summed E-state index contributed by atoms with van der Waals surface area (Å²) in [5.74, 6) is 1.28.